The minimum atomic E-state index is -0.114. The van der Waals surface area contributed by atoms with E-state index in [1.54, 1.807) is 0 Å². The lowest BCUT2D eigenvalue weighted by Gasteiger charge is -2.17. The quantitative estimate of drug-likeness (QED) is 0.773. The molecule has 5 nitrogen and oxygen atoms in total. The van der Waals surface area contributed by atoms with Gasteiger partial charge in [0.2, 0.25) is 0 Å². The standard InChI is InChI=1S/C15H28N4OS/c1-6-8-19(5)15-18-13(16)12(21-15)14(20)17-11(4)9-10(3)7-2/h10-11H,6-9,16H2,1-5H3,(H,17,20). The van der Waals surface area contributed by atoms with Crippen LogP contribution in [-0.2, 0) is 0 Å². The SMILES string of the molecule is CCCN(C)c1nc(N)c(C(=O)NC(C)CC(C)CC)s1. The maximum Gasteiger partial charge on any atom is 0.265 e. The first kappa shape index (κ1) is 17.8. The van der Waals surface area contributed by atoms with Crippen LogP contribution in [0.25, 0.3) is 0 Å². The summed E-state index contributed by atoms with van der Waals surface area (Å²) < 4.78 is 0. The van der Waals surface area contributed by atoms with Gasteiger partial charge in [-0.2, -0.15) is 0 Å². The molecule has 2 atom stereocenters. The zero-order valence-electron chi connectivity index (χ0n) is 13.8. The summed E-state index contributed by atoms with van der Waals surface area (Å²) in [7, 11) is 1.97. The number of hydrogen-bond donors (Lipinski definition) is 2. The zero-order valence-corrected chi connectivity index (χ0v) is 14.6. The highest BCUT2D eigenvalue weighted by Gasteiger charge is 2.19. The van der Waals surface area contributed by atoms with Crippen LogP contribution in [0, 0.1) is 5.92 Å². The molecule has 0 aliphatic carbocycles. The molecule has 6 heteroatoms. The molecule has 3 N–H and O–H groups in total. The summed E-state index contributed by atoms with van der Waals surface area (Å²) in [5.41, 5.74) is 5.89. The first-order chi connectivity index (χ1) is 9.88. The van der Waals surface area contributed by atoms with Crippen LogP contribution in [0.5, 0.6) is 0 Å². The van der Waals surface area contributed by atoms with Gasteiger partial charge in [-0.3, -0.25) is 4.79 Å². The topological polar surface area (TPSA) is 71.2 Å². The van der Waals surface area contributed by atoms with Crippen LogP contribution < -0.4 is 16.0 Å². The highest BCUT2D eigenvalue weighted by molar-refractivity contribution is 7.18. The van der Waals surface area contributed by atoms with E-state index >= 15 is 0 Å². The highest BCUT2D eigenvalue weighted by atomic mass is 32.1. The largest absolute Gasteiger partial charge is 0.382 e. The van der Waals surface area contributed by atoms with Crippen molar-refractivity contribution < 1.29 is 4.79 Å². The Kier molecular flexibility index (Phi) is 6.95. The summed E-state index contributed by atoms with van der Waals surface area (Å²) in [6.07, 6.45) is 3.13. The number of hydrogen-bond acceptors (Lipinski definition) is 5. The average Bonchev–Trinajstić information content (AvgIpc) is 2.81. The molecule has 0 aliphatic rings. The minimum Gasteiger partial charge on any atom is -0.382 e. The monoisotopic (exact) mass is 312 g/mol. The molecule has 0 fully saturated rings. The minimum absolute atomic E-state index is 0.114. The number of nitrogens with zero attached hydrogens (tertiary/aromatic N) is 2. The van der Waals surface area contributed by atoms with E-state index < -0.39 is 0 Å². The number of carbonyl (C=O) groups is 1. The lowest BCUT2D eigenvalue weighted by Crippen LogP contribution is -2.33. The number of carbonyl (C=O) groups excluding carboxylic acids is 1. The van der Waals surface area contributed by atoms with Crippen LogP contribution in [0.1, 0.15) is 56.6 Å². The molecular formula is C15H28N4OS. The Balaban J connectivity index is 2.70. The molecule has 1 heterocycles. The fraction of sp³-hybridized carbons (Fsp3) is 0.733. The van der Waals surface area contributed by atoms with Crippen LogP contribution in [0.15, 0.2) is 0 Å². The van der Waals surface area contributed by atoms with Gasteiger partial charge in [0.15, 0.2) is 5.13 Å². The number of anilines is 2. The van der Waals surface area contributed by atoms with Crippen LogP contribution in [-0.4, -0.2) is 30.5 Å². The van der Waals surface area contributed by atoms with E-state index in [-0.39, 0.29) is 11.9 Å². The average molecular weight is 312 g/mol. The molecule has 1 amide bonds. The van der Waals surface area contributed by atoms with Gasteiger partial charge in [-0.1, -0.05) is 38.5 Å². The normalized spacial score (nSPS) is 13.8. The van der Waals surface area contributed by atoms with Crippen molar-refractivity contribution in [3.63, 3.8) is 0 Å². The first-order valence-corrected chi connectivity index (χ1v) is 8.48. The van der Waals surface area contributed by atoms with Gasteiger partial charge in [-0.15, -0.1) is 0 Å². The van der Waals surface area contributed by atoms with E-state index in [9.17, 15) is 4.79 Å². The van der Waals surface area contributed by atoms with E-state index in [1.165, 1.54) is 11.3 Å². The number of thiazole rings is 1. The number of nitrogens with two attached hydrogens (primary N) is 1. The van der Waals surface area contributed by atoms with Crippen molar-refractivity contribution in [3.8, 4) is 0 Å². The van der Waals surface area contributed by atoms with E-state index in [4.69, 9.17) is 5.73 Å². The lowest BCUT2D eigenvalue weighted by atomic mass is 10.0. The van der Waals surface area contributed by atoms with E-state index in [1.807, 2.05) is 18.9 Å². The number of nitrogen functional groups attached to an aromatic ring is 1. The smallest absolute Gasteiger partial charge is 0.265 e. The summed E-state index contributed by atoms with van der Waals surface area (Å²) >= 11 is 1.36. The molecule has 2 unspecified atom stereocenters. The molecule has 1 aromatic heterocycles. The molecule has 0 spiro atoms. The van der Waals surface area contributed by atoms with Crippen molar-refractivity contribution in [2.45, 2.75) is 53.0 Å². The molecule has 0 saturated carbocycles. The number of rotatable bonds is 8. The summed E-state index contributed by atoms with van der Waals surface area (Å²) in [4.78, 5) is 19.1. The van der Waals surface area contributed by atoms with E-state index in [0.717, 1.165) is 30.9 Å². The Hall–Kier alpha value is -1.30. The Morgan fingerprint density at radius 1 is 1.43 bits per heavy atom. The van der Waals surface area contributed by atoms with Gasteiger partial charge in [0.25, 0.3) is 5.91 Å². The highest BCUT2D eigenvalue weighted by Crippen LogP contribution is 2.27. The second-order valence-corrected chi connectivity index (χ2v) is 6.73. The molecule has 0 radical (unpaired) electrons. The molecule has 0 bridgehead atoms. The predicted molar refractivity (Wildman–Crippen MR) is 91.1 cm³/mol. The Morgan fingerprint density at radius 2 is 2.10 bits per heavy atom. The van der Waals surface area contributed by atoms with Crippen molar-refractivity contribution in [1.82, 2.24) is 10.3 Å². The van der Waals surface area contributed by atoms with Gasteiger partial charge in [-0.25, -0.2) is 4.98 Å². The Labute approximate surface area is 131 Å². The summed E-state index contributed by atoms with van der Waals surface area (Å²) in [6.45, 7) is 9.40. The third-order valence-electron chi connectivity index (χ3n) is 3.56. The summed E-state index contributed by atoms with van der Waals surface area (Å²) in [5.74, 6) is 0.813. The number of nitrogens with one attached hydrogen (secondary N) is 1. The van der Waals surface area contributed by atoms with Crippen molar-refractivity contribution in [2.24, 2.45) is 5.92 Å². The van der Waals surface area contributed by atoms with Gasteiger partial charge < -0.3 is 16.0 Å². The molecule has 0 aromatic carbocycles. The molecule has 120 valence electrons. The maximum atomic E-state index is 12.3. The van der Waals surface area contributed by atoms with Crippen LogP contribution in [0.3, 0.4) is 0 Å². The molecular weight excluding hydrogens is 284 g/mol. The van der Waals surface area contributed by atoms with Crippen LogP contribution >= 0.6 is 11.3 Å². The number of aromatic nitrogens is 1. The Morgan fingerprint density at radius 3 is 2.67 bits per heavy atom. The fourth-order valence-electron chi connectivity index (χ4n) is 2.20. The zero-order chi connectivity index (χ0) is 16.0. The first-order valence-electron chi connectivity index (χ1n) is 7.67. The lowest BCUT2D eigenvalue weighted by molar-refractivity contribution is 0.0940. The predicted octanol–water partition coefficient (Wildman–Crippen LogP) is 3.13. The van der Waals surface area contributed by atoms with E-state index in [0.29, 0.717) is 16.6 Å². The van der Waals surface area contributed by atoms with Crippen molar-refractivity contribution in [3.05, 3.63) is 4.88 Å². The molecule has 1 rings (SSSR count). The second kappa shape index (κ2) is 8.22. The molecule has 0 saturated heterocycles. The van der Waals surface area contributed by atoms with Gasteiger partial charge in [0, 0.05) is 19.6 Å². The third-order valence-corrected chi connectivity index (χ3v) is 4.75. The van der Waals surface area contributed by atoms with Gasteiger partial charge in [0.1, 0.15) is 10.7 Å². The van der Waals surface area contributed by atoms with Gasteiger partial charge >= 0.3 is 0 Å². The van der Waals surface area contributed by atoms with Crippen molar-refractivity contribution >= 4 is 28.2 Å². The second-order valence-electron chi connectivity index (χ2n) is 5.76. The van der Waals surface area contributed by atoms with E-state index in [2.05, 4.69) is 31.1 Å². The molecule has 1 aromatic rings. The van der Waals surface area contributed by atoms with Gasteiger partial charge in [0.05, 0.1) is 0 Å². The number of amides is 1. The fourth-order valence-corrected chi connectivity index (χ4v) is 3.07. The Bertz CT molecular complexity index is 461. The van der Waals surface area contributed by atoms with Crippen molar-refractivity contribution in [2.75, 3.05) is 24.2 Å². The summed E-state index contributed by atoms with van der Waals surface area (Å²) in [6, 6.07) is 0.144. The maximum absolute atomic E-state index is 12.3. The van der Waals surface area contributed by atoms with Crippen LogP contribution in [0.4, 0.5) is 10.9 Å². The van der Waals surface area contributed by atoms with Crippen LogP contribution in [0.2, 0.25) is 0 Å². The molecule has 21 heavy (non-hydrogen) atoms. The third kappa shape index (κ3) is 5.19. The van der Waals surface area contributed by atoms with Gasteiger partial charge in [-0.05, 0) is 25.7 Å². The van der Waals surface area contributed by atoms with Crippen molar-refractivity contribution in [1.29, 1.82) is 0 Å². The summed E-state index contributed by atoms with van der Waals surface area (Å²) in [5, 5.41) is 3.82. The molecule has 0 aliphatic heterocycles.